The molecule has 0 fully saturated rings. The van der Waals surface area contributed by atoms with E-state index in [1.807, 2.05) is 0 Å². The summed E-state index contributed by atoms with van der Waals surface area (Å²) >= 11 is 0. The van der Waals surface area contributed by atoms with Gasteiger partial charge in [-0.2, -0.15) is 0 Å². The zero-order chi connectivity index (χ0) is 13.7. The molecular weight excluding hydrogens is 277 g/mol. The third-order valence-electron chi connectivity index (χ3n) is 2.41. The van der Waals surface area contributed by atoms with Crippen molar-refractivity contribution in [3.05, 3.63) is 23.8 Å². The maximum Gasteiger partial charge on any atom is 0.342 e. The number of esters is 1. The Morgan fingerprint density at radius 3 is 2.63 bits per heavy atom. The van der Waals surface area contributed by atoms with Gasteiger partial charge in [-0.25, -0.2) is 9.18 Å². The number of carbonyl (C=O) groups excluding carboxylic acids is 1. The number of rotatable bonds is 5. The number of alkyl halides is 1. The monoisotopic (exact) mass is 293 g/mol. The van der Waals surface area contributed by atoms with Gasteiger partial charge in [0.25, 0.3) is 0 Å². The van der Waals surface area contributed by atoms with Crippen LogP contribution in [0.25, 0.3) is 0 Å². The largest absolute Gasteiger partial charge is 0.504 e. The molecule has 3 N–H and O–H groups in total. The molecule has 5 nitrogen and oxygen atoms in total. The van der Waals surface area contributed by atoms with Gasteiger partial charge in [0.15, 0.2) is 11.5 Å². The number of hydrogen-bond donors (Lipinski definition) is 2. The van der Waals surface area contributed by atoms with Crippen molar-refractivity contribution in [3.63, 3.8) is 0 Å². The molecule has 0 bridgehead atoms. The minimum Gasteiger partial charge on any atom is -0.504 e. The van der Waals surface area contributed by atoms with Crippen molar-refractivity contribution in [1.29, 1.82) is 0 Å². The Morgan fingerprint density at radius 1 is 1.53 bits per heavy atom. The minimum atomic E-state index is -1.97. The second-order valence-corrected chi connectivity index (χ2v) is 3.61. The number of phenolic OH excluding ortho intramolecular Hbond substituents is 1. The molecule has 108 valence electrons. The highest BCUT2D eigenvalue weighted by molar-refractivity contribution is 5.85. The van der Waals surface area contributed by atoms with E-state index in [-0.39, 0.29) is 36.1 Å². The summed E-state index contributed by atoms with van der Waals surface area (Å²) < 4.78 is 23.1. The van der Waals surface area contributed by atoms with Crippen LogP contribution in [-0.4, -0.2) is 31.0 Å². The van der Waals surface area contributed by atoms with E-state index in [0.717, 1.165) is 0 Å². The summed E-state index contributed by atoms with van der Waals surface area (Å²) in [7, 11) is 1.39. The molecule has 0 aromatic heterocycles. The standard InChI is InChI=1S/C12H16FNO4.ClH/c1-3-18-12(16)10(13)11(14)7-4-5-9(17-2)8(15)6-7;/h4-6,10-11,15H,3,14H2,1-2H3;1H/t10?,11-;/m1./s1. The number of aromatic hydroxyl groups is 1. The number of carbonyl (C=O) groups is 1. The highest BCUT2D eigenvalue weighted by Gasteiger charge is 2.28. The number of ether oxygens (including phenoxy) is 2. The van der Waals surface area contributed by atoms with Gasteiger partial charge in [0.05, 0.1) is 19.8 Å². The Morgan fingerprint density at radius 2 is 2.16 bits per heavy atom. The zero-order valence-corrected chi connectivity index (χ0v) is 11.4. The number of nitrogens with two attached hydrogens (primary N) is 1. The maximum atomic E-state index is 13.7. The third-order valence-corrected chi connectivity index (χ3v) is 2.41. The Bertz CT molecular complexity index is 430. The summed E-state index contributed by atoms with van der Waals surface area (Å²) in [6.45, 7) is 1.66. The van der Waals surface area contributed by atoms with Crippen molar-refractivity contribution in [1.82, 2.24) is 0 Å². The van der Waals surface area contributed by atoms with E-state index in [1.165, 1.54) is 25.3 Å². The van der Waals surface area contributed by atoms with Gasteiger partial charge in [0.2, 0.25) is 6.17 Å². The average molecular weight is 294 g/mol. The smallest absolute Gasteiger partial charge is 0.342 e. The number of phenols is 1. The molecule has 0 radical (unpaired) electrons. The summed E-state index contributed by atoms with van der Waals surface area (Å²) in [4.78, 5) is 11.2. The second-order valence-electron chi connectivity index (χ2n) is 3.61. The molecule has 0 aliphatic carbocycles. The zero-order valence-electron chi connectivity index (χ0n) is 10.6. The van der Waals surface area contributed by atoms with Crippen molar-refractivity contribution in [2.45, 2.75) is 19.1 Å². The Hall–Kier alpha value is -1.53. The molecular formula is C12H17ClFNO4. The predicted molar refractivity (Wildman–Crippen MR) is 70.4 cm³/mol. The molecule has 0 saturated heterocycles. The minimum absolute atomic E-state index is 0. The van der Waals surface area contributed by atoms with E-state index in [4.69, 9.17) is 10.5 Å². The van der Waals surface area contributed by atoms with Crippen LogP contribution in [0.5, 0.6) is 11.5 Å². The molecule has 0 saturated carbocycles. The van der Waals surface area contributed by atoms with Crippen LogP contribution in [0.1, 0.15) is 18.5 Å². The summed E-state index contributed by atoms with van der Waals surface area (Å²) in [5, 5.41) is 9.54. The molecule has 1 aromatic rings. The average Bonchev–Trinajstić information content (AvgIpc) is 2.37. The lowest BCUT2D eigenvalue weighted by atomic mass is 10.0. The lowest BCUT2D eigenvalue weighted by Crippen LogP contribution is -2.31. The van der Waals surface area contributed by atoms with Gasteiger partial charge < -0.3 is 20.3 Å². The normalized spacial score (nSPS) is 13.1. The molecule has 2 atom stereocenters. The SMILES string of the molecule is CCOC(=O)C(F)[C@H](N)c1ccc(OC)c(O)c1.Cl. The van der Waals surface area contributed by atoms with Crippen LogP contribution < -0.4 is 10.5 Å². The van der Waals surface area contributed by atoms with E-state index in [0.29, 0.717) is 0 Å². The maximum absolute atomic E-state index is 13.7. The van der Waals surface area contributed by atoms with E-state index in [2.05, 4.69) is 4.74 Å². The molecule has 1 unspecified atom stereocenters. The molecule has 0 spiro atoms. The molecule has 0 heterocycles. The van der Waals surface area contributed by atoms with E-state index in [1.54, 1.807) is 6.92 Å². The highest BCUT2D eigenvalue weighted by atomic mass is 35.5. The van der Waals surface area contributed by atoms with Crippen molar-refractivity contribution in [2.24, 2.45) is 5.73 Å². The van der Waals surface area contributed by atoms with Crippen molar-refractivity contribution in [2.75, 3.05) is 13.7 Å². The van der Waals surface area contributed by atoms with Gasteiger partial charge in [-0.1, -0.05) is 6.07 Å². The van der Waals surface area contributed by atoms with Gasteiger partial charge in [0, 0.05) is 0 Å². The molecule has 1 rings (SSSR count). The van der Waals surface area contributed by atoms with Crippen molar-refractivity contribution in [3.8, 4) is 11.5 Å². The summed E-state index contributed by atoms with van der Waals surface area (Å²) in [5.41, 5.74) is 5.89. The fourth-order valence-electron chi connectivity index (χ4n) is 1.45. The van der Waals surface area contributed by atoms with Crippen LogP contribution in [0.4, 0.5) is 4.39 Å². The van der Waals surface area contributed by atoms with Crippen molar-refractivity contribution < 1.29 is 23.8 Å². The molecule has 0 amide bonds. The first-order valence-electron chi connectivity index (χ1n) is 5.44. The van der Waals surface area contributed by atoms with Crippen LogP contribution in [0, 0.1) is 0 Å². The summed E-state index contributed by atoms with van der Waals surface area (Å²) in [6, 6.07) is 2.99. The molecule has 0 aliphatic heterocycles. The topological polar surface area (TPSA) is 81.8 Å². The Balaban J connectivity index is 0.00000324. The Kier molecular flexibility index (Phi) is 7.18. The molecule has 1 aromatic carbocycles. The van der Waals surface area contributed by atoms with Gasteiger partial charge in [0.1, 0.15) is 0 Å². The second kappa shape index (κ2) is 7.81. The number of hydrogen-bond acceptors (Lipinski definition) is 5. The molecule has 0 aliphatic rings. The van der Waals surface area contributed by atoms with Gasteiger partial charge in [-0.05, 0) is 24.6 Å². The quantitative estimate of drug-likeness (QED) is 0.808. The van der Waals surface area contributed by atoms with Gasteiger partial charge in [-0.3, -0.25) is 0 Å². The van der Waals surface area contributed by atoms with Crippen LogP contribution in [0.15, 0.2) is 18.2 Å². The van der Waals surface area contributed by atoms with Crippen LogP contribution >= 0.6 is 12.4 Å². The number of methoxy groups -OCH3 is 1. The fraction of sp³-hybridized carbons (Fsp3) is 0.417. The number of benzene rings is 1. The lowest BCUT2D eigenvalue weighted by Gasteiger charge is -2.16. The highest BCUT2D eigenvalue weighted by Crippen LogP contribution is 2.29. The first-order valence-corrected chi connectivity index (χ1v) is 5.44. The van der Waals surface area contributed by atoms with Gasteiger partial charge >= 0.3 is 5.97 Å². The van der Waals surface area contributed by atoms with E-state index in [9.17, 15) is 14.3 Å². The lowest BCUT2D eigenvalue weighted by molar-refractivity contribution is -0.149. The first-order chi connectivity index (χ1) is 8.51. The first kappa shape index (κ1) is 17.5. The van der Waals surface area contributed by atoms with E-state index < -0.39 is 18.2 Å². The van der Waals surface area contributed by atoms with Crippen LogP contribution in [0.2, 0.25) is 0 Å². The number of halogens is 2. The third kappa shape index (κ3) is 4.25. The molecule has 7 heteroatoms. The van der Waals surface area contributed by atoms with Crippen LogP contribution in [-0.2, 0) is 9.53 Å². The summed E-state index contributed by atoms with van der Waals surface area (Å²) in [5.74, 6) is -0.931. The van der Waals surface area contributed by atoms with Crippen molar-refractivity contribution >= 4 is 18.4 Å². The summed E-state index contributed by atoms with van der Waals surface area (Å²) in [6.07, 6.45) is -1.97. The fourth-order valence-corrected chi connectivity index (χ4v) is 1.45. The van der Waals surface area contributed by atoms with E-state index >= 15 is 0 Å². The Labute approximate surface area is 116 Å². The van der Waals surface area contributed by atoms with Crippen LogP contribution in [0.3, 0.4) is 0 Å². The van der Waals surface area contributed by atoms with Gasteiger partial charge in [-0.15, -0.1) is 12.4 Å². The molecule has 19 heavy (non-hydrogen) atoms. The predicted octanol–water partition coefficient (Wildman–Crippen LogP) is 1.72.